The first-order chi connectivity index (χ1) is 8.75. The Morgan fingerprint density at radius 3 is 2.78 bits per heavy atom. The maximum atomic E-state index is 5.73. The second kappa shape index (κ2) is 4.14. The average Bonchev–Trinajstić information content (AvgIpc) is 2.82. The van der Waals surface area contributed by atoms with Gasteiger partial charge in [-0.25, -0.2) is 0 Å². The van der Waals surface area contributed by atoms with Gasteiger partial charge in [0.05, 0.1) is 11.9 Å². The van der Waals surface area contributed by atoms with Crippen LogP contribution in [0.25, 0.3) is 11.1 Å². The van der Waals surface area contributed by atoms with Crippen molar-refractivity contribution in [1.29, 1.82) is 0 Å². The van der Waals surface area contributed by atoms with Gasteiger partial charge in [-0.1, -0.05) is 12.1 Å². The number of fused-ring (bicyclic) bond motifs is 1. The Balaban J connectivity index is 2.07. The Morgan fingerprint density at radius 2 is 2.00 bits per heavy atom. The molecule has 0 spiro atoms. The number of aromatic nitrogens is 2. The molecule has 0 fully saturated rings. The molecule has 0 aliphatic heterocycles. The summed E-state index contributed by atoms with van der Waals surface area (Å²) in [5.74, 6) is 0. The van der Waals surface area contributed by atoms with Crippen molar-refractivity contribution in [3.05, 3.63) is 48.3 Å². The van der Waals surface area contributed by atoms with Crippen LogP contribution in [0.1, 0.15) is 5.56 Å². The first-order valence-corrected chi connectivity index (χ1v) is 5.75. The minimum atomic E-state index is 0.576. The Morgan fingerprint density at radius 1 is 1.17 bits per heavy atom. The van der Waals surface area contributed by atoms with Crippen molar-refractivity contribution in [2.75, 3.05) is 11.9 Å². The summed E-state index contributed by atoms with van der Waals surface area (Å²) in [6, 6.07) is 10.3. The van der Waals surface area contributed by atoms with Gasteiger partial charge in [0.1, 0.15) is 5.52 Å². The third-order valence-corrected chi connectivity index (χ3v) is 2.94. The third-order valence-electron chi connectivity index (χ3n) is 2.94. The summed E-state index contributed by atoms with van der Waals surface area (Å²) in [6.07, 6.45) is 3.59. The van der Waals surface area contributed by atoms with Gasteiger partial charge in [-0.2, -0.15) is 4.98 Å². The fourth-order valence-corrected chi connectivity index (χ4v) is 1.91. The molecule has 3 aromatic rings. The highest BCUT2D eigenvalue weighted by Gasteiger charge is 2.13. The minimum Gasteiger partial charge on any atom is -0.423 e. The lowest BCUT2D eigenvalue weighted by molar-refractivity contribution is 0.602. The number of rotatable bonds is 2. The first kappa shape index (κ1) is 10.8. The number of benzene rings is 1. The molecule has 0 bridgehead atoms. The standard InChI is InChI=1S/C14H13N3O/c1-10-7-8-15-9-12(10)17(2)14-16-11-5-3-4-6-13(11)18-14/h3-9H,1-2H3. The number of para-hydroxylation sites is 2. The lowest BCUT2D eigenvalue weighted by Crippen LogP contribution is -2.11. The molecule has 0 atom stereocenters. The molecule has 0 aliphatic rings. The van der Waals surface area contributed by atoms with E-state index in [1.54, 1.807) is 6.20 Å². The molecule has 3 rings (SSSR count). The Kier molecular flexibility index (Phi) is 2.48. The van der Waals surface area contributed by atoms with Gasteiger partial charge < -0.3 is 4.42 Å². The zero-order valence-electron chi connectivity index (χ0n) is 10.3. The van der Waals surface area contributed by atoms with E-state index in [1.165, 1.54) is 0 Å². The molecule has 0 aliphatic carbocycles. The molecule has 4 heteroatoms. The second-order valence-corrected chi connectivity index (χ2v) is 4.19. The van der Waals surface area contributed by atoms with Gasteiger partial charge in [0.2, 0.25) is 0 Å². The Bertz CT molecular complexity index is 657. The van der Waals surface area contributed by atoms with Crippen LogP contribution in [-0.4, -0.2) is 17.0 Å². The van der Waals surface area contributed by atoms with Crippen LogP contribution in [0.15, 0.2) is 47.1 Å². The lowest BCUT2D eigenvalue weighted by atomic mass is 10.2. The van der Waals surface area contributed by atoms with E-state index in [0.29, 0.717) is 6.01 Å². The largest absolute Gasteiger partial charge is 0.423 e. The van der Waals surface area contributed by atoms with E-state index in [0.717, 1.165) is 22.4 Å². The van der Waals surface area contributed by atoms with E-state index in [4.69, 9.17) is 4.42 Å². The zero-order valence-corrected chi connectivity index (χ0v) is 10.3. The van der Waals surface area contributed by atoms with Crippen molar-refractivity contribution in [3.63, 3.8) is 0 Å². The number of anilines is 2. The quantitative estimate of drug-likeness (QED) is 0.688. The van der Waals surface area contributed by atoms with Gasteiger partial charge in [0.15, 0.2) is 5.58 Å². The van der Waals surface area contributed by atoms with Crippen molar-refractivity contribution in [2.45, 2.75) is 6.92 Å². The summed E-state index contributed by atoms with van der Waals surface area (Å²) >= 11 is 0. The van der Waals surface area contributed by atoms with Crippen LogP contribution in [-0.2, 0) is 0 Å². The fourth-order valence-electron chi connectivity index (χ4n) is 1.91. The molecular formula is C14H13N3O. The Hall–Kier alpha value is -2.36. The predicted octanol–water partition coefficient (Wildman–Crippen LogP) is 3.30. The van der Waals surface area contributed by atoms with Crippen molar-refractivity contribution < 1.29 is 4.42 Å². The van der Waals surface area contributed by atoms with Gasteiger partial charge in [-0.3, -0.25) is 9.88 Å². The number of aryl methyl sites for hydroxylation is 1. The van der Waals surface area contributed by atoms with Crippen LogP contribution in [0.2, 0.25) is 0 Å². The van der Waals surface area contributed by atoms with Gasteiger partial charge in [0.25, 0.3) is 0 Å². The molecule has 0 N–H and O–H groups in total. The van der Waals surface area contributed by atoms with Gasteiger partial charge in [-0.05, 0) is 30.7 Å². The molecular weight excluding hydrogens is 226 g/mol. The van der Waals surface area contributed by atoms with Gasteiger partial charge >= 0.3 is 6.01 Å². The minimum absolute atomic E-state index is 0.576. The summed E-state index contributed by atoms with van der Waals surface area (Å²) in [4.78, 5) is 10.5. The fraction of sp³-hybridized carbons (Fsp3) is 0.143. The van der Waals surface area contributed by atoms with Crippen LogP contribution in [0.5, 0.6) is 0 Å². The monoisotopic (exact) mass is 239 g/mol. The summed E-state index contributed by atoms with van der Waals surface area (Å²) in [6.45, 7) is 2.04. The first-order valence-electron chi connectivity index (χ1n) is 5.75. The molecule has 0 amide bonds. The predicted molar refractivity (Wildman–Crippen MR) is 71.0 cm³/mol. The normalized spacial score (nSPS) is 10.8. The van der Waals surface area contributed by atoms with Crippen molar-refractivity contribution in [3.8, 4) is 0 Å². The topological polar surface area (TPSA) is 42.2 Å². The maximum Gasteiger partial charge on any atom is 0.302 e. The zero-order chi connectivity index (χ0) is 12.5. The molecule has 0 unspecified atom stereocenters. The van der Waals surface area contributed by atoms with Crippen LogP contribution in [0, 0.1) is 6.92 Å². The van der Waals surface area contributed by atoms with E-state index in [2.05, 4.69) is 9.97 Å². The van der Waals surface area contributed by atoms with Crippen LogP contribution in [0.4, 0.5) is 11.7 Å². The van der Waals surface area contributed by atoms with Crippen molar-refractivity contribution in [2.24, 2.45) is 0 Å². The van der Waals surface area contributed by atoms with E-state index in [1.807, 2.05) is 55.4 Å². The average molecular weight is 239 g/mol. The highest BCUT2D eigenvalue weighted by atomic mass is 16.4. The molecule has 0 saturated heterocycles. The SMILES string of the molecule is Cc1ccncc1N(C)c1nc2ccccc2o1. The number of oxazole rings is 1. The molecule has 90 valence electrons. The van der Waals surface area contributed by atoms with Crippen LogP contribution < -0.4 is 4.90 Å². The van der Waals surface area contributed by atoms with Crippen LogP contribution in [0.3, 0.4) is 0 Å². The van der Waals surface area contributed by atoms with E-state index < -0.39 is 0 Å². The summed E-state index contributed by atoms with van der Waals surface area (Å²) in [7, 11) is 1.93. The van der Waals surface area contributed by atoms with E-state index in [9.17, 15) is 0 Å². The molecule has 0 saturated carbocycles. The second-order valence-electron chi connectivity index (χ2n) is 4.19. The molecule has 4 nitrogen and oxygen atoms in total. The molecule has 1 aromatic carbocycles. The lowest BCUT2D eigenvalue weighted by Gasteiger charge is -2.15. The smallest absolute Gasteiger partial charge is 0.302 e. The molecule has 2 heterocycles. The highest BCUT2D eigenvalue weighted by Crippen LogP contribution is 2.27. The number of pyridine rings is 1. The summed E-state index contributed by atoms with van der Waals surface area (Å²) in [5, 5.41) is 0. The van der Waals surface area contributed by atoms with Crippen molar-refractivity contribution in [1.82, 2.24) is 9.97 Å². The van der Waals surface area contributed by atoms with Gasteiger partial charge in [0, 0.05) is 13.2 Å². The van der Waals surface area contributed by atoms with Crippen molar-refractivity contribution >= 4 is 22.8 Å². The number of nitrogens with zero attached hydrogens (tertiary/aromatic N) is 3. The summed E-state index contributed by atoms with van der Waals surface area (Å²) in [5.41, 5.74) is 3.78. The van der Waals surface area contributed by atoms with E-state index >= 15 is 0 Å². The van der Waals surface area contributed by atoms with E-state index in [-0.39, 0.29) is 0 Å². The maximum absolute atomic E-state index is 5.73. The Labute approximate surface area is 105 Å². The van der Waals surface area contributed by atoms with Crippen LogP contribution >= 0.6 is 0 Å². The molecule has 18 heavy (non-hydrogen) atoms. The molecule has 2 aromatic heterocycles. The summed E-state index contributed by atoms with van der Waals surface area (Å²) < 4.78 is 5.73. The van der Waals surface area contributed by atoms with Gasteiger partial charge in [-0.15, -0.1) is 0 Å². The number of hydrogen-bond donors (Lipinski definition) is 0. The third kappa shape index (κ3) is 1.72. The highest BCUT2D eigenvalue weighted by molar-refractivity contribution is 5.75. The number of hydrogen-bond acceptors (Lipinski definition) is 4. The molecule has 0 radical (unpaired) electrons.